The summed E-state index contributed by atoms with van der Waals surface area (Å²) in [4.78, 5) is 11.0. The second kappa shape index (κ2) is 11.8. The molecule has 1 rings (SSSR count). The molecule has 1 amide bonds. The molecule has 118 valence electrons. The van der Waals surface area contributed by atoms with E-state index in [2.05, 4.69) is 52.8 Å². The zero-order valence-electron chi connectivity index (χ0n) is 14.0. The highest BCUT2D eigenvalue weighted by molar-refractivity contribution is 5.78. The summed E-state index contributed by atoms with van der Waals surface area (Å²) in [5.41, 5.74) is 5.32. The molecule has 0 saturated heterocycles. The van der Waals surface area contributed by atoms with Gasteiger partial charge >= 0.3 is 0 Å². The van der Waals surface area contributed by atoms with Crippen LogP contribution in [0.4, 0.5) is 0 Å². The van der Waals surface area contributed by atoms with Gasteiger partial charge < -0.3 is 11.1 Å². The molecule has 0 aromatic heterocycles. The Hall–Kier alpha value is -1.01. The van der Waals surface area contributed by atoms with Gasteiger partial charge in [-0.1, -0.05) is 60.3 Å². The lowest BCUT2D eigenvalue weighted by Crippen LogP contribution is -2.45. The Bertz CT molecular complexity index is 260. The third kappa shape index (κ3) is 10.9. The predicted octanol–water partition coefficient (Wildman–Crippen LogP) is 3.33. The van der Waals surface area contributed by atoms with Crippen LogP contribution in [-0.4, -0.2) is 18.5 Å². The largest absolute Gasteiger partial charge is 0.352 e. The molecule has 0 radical (unpaired) electrons. The van der Waals surface area contributed by atoms with Crippen LogP contribution in [0.15, 0.2) is 0 Å². The first kappa shape index (κ1) is 21.3. The van der Waals surface area contributed by atoms with E-state index in [1.54, 1.807) is 0 Å². The lowest BCUT2D eigenvalue weighted by molar-refractivity contribution is -0.121. The van der Waals surface area contributed by atoms with Gasteiger partial charge in [-0.3, -0.25) is 4.79 Å². The number of carbonyl (C=O) groups excluding carboxylic acids is 1. The monoisotopic (exact) mass is 282 g/mol. The SMILES string of the molecule is C#C.CC1CCCC1.CCC(NC(=O)CN)C(C)(C)C. The Morgan fingerprint density at radius 1 is 1.30 bits per heavy atom. The summed E-state index contributed by atoms with van der Waals surface area (Å²) in [5.74, 6) is 0.974. The van der Waals surface area contributed by atoms with Crippen LogP contribution in [0, 0.1) is 24.2 Å². The summed E-state index contributed by atoms with van der Waals surface area (Å²) in [6.45, 7) is 10.8. The number of hydrogen-bond donors (Lipinski definition) is 2. The number of hydrogen-bond acceptors (Lipinski definition) is 2. The standard InChI is InChI=1S/C9H20N2O.C6H12.C2H2/c1-5-7(9(2,3)4)11-8(12)6-10;1-6-4-2-3-5-6;1-2/h7H,5-6,10H2,1-4H3,(H,11,12);6H,2-5H2,1H3;1-2H. The number of rotatable bonds is 3. The van der Waals surface area contributed by atoms with Crippen LogP contribution in [-0.2, 0) is 4.79 Å². The van der Waals surface area contributed by atoms with E-state index in [0.29, 0.717) is 0 Å². The van der Waals surface area contributed by atoms with Crippen molar-refractivity contribution in [2.24, 2.45) is 17.1 Å². The molecule has 1 atom stereocenters. The summed E-state index contributed by atoms with van der Waals surface area (Å²) in [6.07, 6.45) is 14.9. The van der Waals surface area contributed by atoms with Crippen molar-refractivity contribution in [1.29, 1.82) is 0 Å². The number of amides is 1. The topological polar surface area (TPSA) is 55.1 Å². The van der Waals surface area contributed by atoms with Gasteiger partial charge in [-0.15, -0.1) is 12.8 Å². The maximum Gasteiger partial charge on any atom is 0.233 e. The Labute approximate surface area is 126 Å². The summed E-state index contributed by atoms with van der Waals surface area (Å²) in [7, 11) is 0. The molecule has 3 nitrogen and oxygen atoms in total. The minimum atomic E-state index is -0.0724. The van der Waals surface area contributed by atoms with Gasteiger partial charge in [0.1, 0.15) is 0 Å². The van der Waals surface area contributed by atoms with Gasteiger partial charge in [0.2, 0.25) is 5.91 Å². The fourth-order valence-corrected chi connectivity index (χ4v) is 2.31. The Morgan fingerprint density at radius 2 is 1.75 bits per heavy atom. The third-order valence-electron chi connectivity index (χ3n) is 3.62. The van der Waals surface area contributed by atoms with Crippen LogP contribution in [0.1, 0.15) is 66.7 Å². The Morgan fingerprint density at radius 3 is 1.95 bits per heavy atom. The minimum Gasteiger partial charge on any atom is -0.352 e. The summed E-state index contributed by atoms with van der Waals surface area (Å²) in [6, 6.07) is 0.216. The van der Waals surface area contributed by atoms with Crippen molar-refractivity contribution in [3.63, 3.8) is 0 Å². The van der Waals surface area contributed by atoms with E-state index in [1.807, 2.05) is 0 Å². The van der Waals surface area contributed by atoms with E-state index in [1.165, 1.54) is 25.7 Å². The number of nitrogens with two attached hydrogens (primary N) is 1. The van der Waals surface area contributed by atoms with Gasteiger partial charge in [-0.05, 0) is 17.8 Å². The van der Waals surface area contributed by atoms with Gasteiger partial charge in [0.15, 0.2) is 0 Å². The van der Waals surface area contributed by atoms with Crippen molar-refractivity contribution in [2.45, 2.75) is 72.8 Å². The Balaban J connectivity index is 0. The number of nitrogens with one attached hydrogen (secondary N) is 1. The quantitative estimate of drug-likeness (QED) is 0.780. The smallest absolute Gasteiger partial charge is 0.233 e. The molecular formula is C17H34N2O. The summed E-state index contributed by atoms with van der Waals surface area (Å²) in [5, 5.41) is 2.89. The molecule has 0 aliphatic heterocycles. The lowest BCUT2D eigenvalue weighted by Gasteiger charge is -2.30. The van der Waals surface area contributed by atoms with Crippen molar-refractivity contribution in [2.75, 3.05) is 6.54 Å². The van der Waals surface area contributed by atoms with Crippen LogP contribution in [0.5, 0.6) is 0 Å². The molecule has 1 unspecified atom stereocenters. The normalized spacial score (nSPS) is 16.2. The zero-order chi connectivity index (χ0) is 16.2. The van der Waals surface area contributed by atoms with Gasteiger partial charge in [0.05, 0.1) is 6.54 Å². The predicted molar refractivity (Wildman–Crippen MR) is 88.3 cm³/mol. The molecule has 0 aromatic rings. The van der Waals surface area contributed by atoms with Crippen LogP contribution in [0.2, 0.25) is 0 Å². The summed E-state index contributed by atoms with van der Waals surface area (Å²) < 4.78 is 0. The van der Waals surface area contributed by atoms with E-state index in [4.69, 9.17) is 5.73 Å². The second-order valence-corrected chi connectivity index (χ2v) is 6.49. The van der Waals surface area contributed by atoms with Crippen LogP contribution in [0.3, 0.4) is 0 Å². The Kier molecular flexibility index (Phi) is 12.5. The van der Waals surface area contributed by atoms with E-state index < -0.39 is 0 Å². The summed E-state index contributed by atoms with van der Waals surface area (Å²) >= 11 is 0. The maximum absolute atomic E-state index is 11.0. The van der Waals surface area contributed by atoms with E-state index in [0.717, 1.165) is 12.3 Å². The van der Waals surface area contributed by atoms with Crippen molar-refractivity contribution < 1.29 is 4.79 Å². The number of carbonyl (C=O) groups is 1. The first-order valence-electron chi connectivity index (χ1n) is 7.64. The highest BCUT2D eigenvalue weighted by atomic mass is 16.1. The highest BCUT2D eigenvalue weighted by Gasteiger charge is 2.23. The maximum atomic E-state index is 11.0. The first-order chi connectivity index (χ1) is 9.31. The third-order valence-corrected chi connectivity index (χ3v) is 3.62. The highest BCUT2D eigenvalue weighted by Crippen LogP contribution is 2.23. The molecule has 20 heavy (non-hydrogen) atoms. The molecule has 3 N–H and O–H groups in total. The van der Waals surface area contributed by atoms with Gasteiger partial charge in [-0.2, -0.15) is 0 Å². The zero-order valence-corrected chi connectivity index (χ0v) is 14.0. The average Bonchev–Trinajstić information content (AvgIpc) is 2.88. The molecule has 0 heterocycles. The average molecular weight is 282 g/mol. The molecule has 1 aliphatic carbocycles. The molecule has 0 aromatic carbocycles. The first-order valence-corrected chi connectivity index (χ1v) is 7.64. The van der Waals surface area contributed by atoms with Gasteiger partial charge in [0, 0.05) is 6.04 Å². The van der Waals surface area contributed by atoms with Crippen molar-refractivity contribution in [3.05, 3.63) is 0 Å². The van der Waals surface area contributed by atoms with Gasteiger partial charge in [-0.25, -0.2) is 0 Å². The van der Waals surface area contributed by atoms with Crippen molar-refractivity contribution >= 4 is 5.91 Å². The molecule has 1 aliphatic rings. The van der Waals surface area contributed by atoms with E-state index >= 15 is 0 Å². The van der Waals surface area contributed by atoms with Crippen molar-refractivity contribution in [1.82, 2.24) is 5.32 Å². The fraction of sp³-hybridized carbons (Fsp3) is 0.824. The minimum absolute atomic E-state index is 0.0724. The molecule has 1 fully saturated rings. The van der Waals surface area contributed by atoms with Crippen LogP contribution >= 0.6 is 0 Å². The van der Waals surface area contributed by atoms with Crippen LogP contribution < -0.4 is 11.1 Å². The second-order valence-electron chi connectivity index (χ2n) is 6.49. The van der Waals surface area contributed by atoms with Crippen molar-refractivity contribution in [3.8, 4) is 12.8 Å². The number of terminal acetylenes is 1. The lowest BCUT2D eigenvalue weighted by atomic mass is 9.85. The van der Waals surface area contributed by atoms with Gasteiger partial charge in [0.25, 0.3) is 0 Å². The molecule has 0 spiro atoms. The van der Waals surface area contributed by atoms with E-state index in [9.17, 15) is 4.79 Å². The molecule has 0 bridgehead atoms. The molecule has 3 heteroatoms. The van der Waals surface area contributed by atoms with E-state index in [-0.39, 0.29) is 23.9 Å². The molecule has 1 saturated carbocycles. The van der Waals surface area contributed by atoms with Crippen LogP contribution in [0.25, 0.3) is 0 Å². The molecular weight excluding hydrogens is 248 g/mol. The fourth-order valence-electron chi connectivity index (χ4n) is 2.31.